The number of rotatable bonds is 5. The highest BCUT2D eigenvalue weighted by Gasteiger charge is 2.16. The zero-order valence-corrected chi connectivity index (χ0v) is 18.8. The number of carbonyl (C=O) groups is 1. The molecule has 152 valence electrons. The van der Waals surface area contributed by atoms with Crippen molar-refractivity contribution in [3.05, 3.63) is 75.1 Å². The van der Waals surface area contributed by atoms with Crippen LogP contribution in [0.1, 0.15) is 5.56 Å². The molecule has 0 fully saturated rings. The first-order valence-corrected chi connectivity index (χ1v) is 11.0. The van der Waals surface area contributed by atoms with Crippen molar-refractivity contribution in [1.82, 2.24) is 14.5 Å². The summed E-state index contributed by atoms with van der Waals surface area (Å²) < 4.78 is 2.29. The van der Waals surface area contributed by atoms with Crippen molar-refractivity contribution in [1.29, 1.82) is 0 Å². The van der Waals surface area contributed by atoms with Crippen LogP contribution < -0.4 is 10.9 Å². The van der Waals surface area contributed by atoms with Crippen LogP contribution in [0, 0.1) is 6.92 Å². The molecule has 8 heteroatoms. The van der Waals surface area contributed by atoms with Gasteiger partial charge >= 0.3 is 0 Å². The molecule has 0 aliphatic carbocycles. The average Bonchev–Trinajstić information content (AvgIpc) is 3.16. The summed E-state index contributed by atoms with van der Waals surface area (Å²) in [5, 5.41) is 3.37. The Labute approximate surface area is 185 Å². The van der Waals surface area contributed by atoms with Crippen LogP contribution in [-0.2, 0) is 11.8 Å². The van der Waals surface area contributed by atoms with Gasteiger partial charge < -0.3 is 10.3 Å². The van der Waals surface area contributed by atoms with Crippen LogP contribution in [0.3, 0.4) is 0 Å². The Morgan fingerprint density at radius 1 is 1.23 bits per heavy atom. The Bertz CT molecular complexity index is 1300. The van der Waals surface area contributed by atoms with E-state index in [2.05, 4.69) is 31.2 Å². The Kier molecular flexibility index (Phi) is 5.78. The number of carbonyl (C=O) groups excluding carboxylic acids is 1. The average molecular weight is 483 g/mol. The van der Waals surface area contributed by atoms with Crippen molar-refractivity contribution in [2.75, 3.05) is 11.1 Å². The first-order valence-electron chi connectivity index (χ1n) is 9.26. The maximum Gasteiger partial charge on any atom is 0.278 e. The summed E-state index contributed by atoms with van der Waals surface area (Å²) in [6, 6.07) is 15.5. The van der Waals surface area contributed by atoms with E-state index < -0.39 is 0 Å². The van der Waals surface area contributed by atoms with Gasteiger partial charge in [0.1, 0.15) is 11.0 Å². The number of H-pyrrole nitrogens is 1. The highest BCUT2D eigenvalue weighted by molar-refractivity contribution is 9.10. The summed E-state index contributed by atoms with van der Waals surface area (Å²) >= 11 is 4.69. The van der Waals surface area contributed by atoms with Gasteiger partial charge in [-0.25, -0.2) is 4.98 Å². The number of fused-ring (bicyclic) bond motifs is 1. The van der Waals surface area contributed by atoms with E-state index in [0.29, 0.717) is 21.9 Å². The first kappa shape index (κ1) is 20.4. The number of aromatic nitrogens is 3. The molecule has 0 aliphatic heterocycles. The van der Waals surface area contributed by atoms with Crippen LogP contribution in [0.4, 0.5) is 5.69 Å². The third-order valence-corrected chi connectivity index (χ3v) is 6.37. The minimum absolute atomic E-state index is 0.136. The maximum absolute atomic E-state index is 12.8. The molecule has 0 aliphatic rings. The van der Waals surface area contributed by atoms with Crippen LogP contribution >= 0.6 is 27.7 Å². The van der Waals surface area contributed by atoms with Gasteiger partial charge in [-0.2, -0.15) is 0 Å². The maximum atomic E-state index is 12.8. The van der Waals surface area contributed by atoms with Crippen molar-refractivity contribution in [3.8, 4) is 11.1 Å². The number of nitrogens with zero attached hydrogens (tertiary/aromatic N) is 2. The molecule has 0 saturated heterocycles. The minimum Gasteiger partial charge on any atom is -0.355 e. The lowest BCUT2D eigenvalue weighted by molar-refractivity contribution is -0.113. The second-order valence-corrected chi connectivity index (χ2v) is 8.67. The molecule has 0 saturated carbocycles. The topological polar surface area (TPSA) is 79.8 Å². The summed E-state index contributed by atoms with van der Waals surface area (Å²) in [7, 11) is 1.66. The summed E-state index contributed by atoms with van der Waals surface area (Å²) in [6.07, 6.45) is 1.80. The van der Waals surface area contributed by atoms with Crippen LogP contribution in [0.2, 0.25) is 0 Å². The van der Waals surface area contributed by atoms with Gasteiger partial charge in [0.15, 0.2) is 5.16 Å². The normalized spacial score (nSPS) is 11.0. The number of hydrogen-bond donors (Lipinski definition) is 2. The zero-order valence-electron chi connectivity index (χ0n) is 16.4. The van der Waals surface area contributed by atoms with Crippen molar-refractivity contribution in [2.45, 2.75) is 12.1 Å². The molecule has 4 aromatic rings. The second kappa shape index (κ2) is 8.49. The van der Waals surface area contributed by atoms with Gasteiger partial charge in [0, 0.05) is 23.3 Å². The smallest absolute Gasteiger partial charge is 0.278 e. The molecule has 2 aromatic heterocycles. The van der Waals surface area contributed by atoms with E-state index in [1.165, 1.54) is 16.3 Å². The molecule has 2 heterocycles. The van der Waals surface area contributed by atoms with Crippen molar-refractivity contribution in [2.24, 2.45) is 7.05 Å². The number of nitrogens with one attached hydrogen (secondary N) is 2. The fourth-order valence-electron chi connectivity index (χ4n) is 3.12. The summed E-state index contributed by atoms with van der Waals surface area (Å²) in [5.74, 6) is -0.0340. The minimum atomic E-state index is -0.175. The molecule has 0 radical (unpaired) electrons. The van der Waals surface area contributed by atoms with Gasteiger partial charge in [-0.15, -0.1) is 0 Å². The molecule has 0 spiro atoms. The van der Waals surface area contributed by atoms with Gasteiger partial charge in [0.25, 0.3) is 5.56 Å². The number of aromatic amines is 1. The van der Waals surface area contributed by atoms with E-state index in [1.807, 2.05) is 55.5 Å². The molecule has 30 heavy (non-hydrogen) atoms. The molecular formula is C22H19BrN4O2S. The molecule has 1 amide bonds. The van der Waals surface area contributed by atoms with Gasteiger partial charge in [-0.05, 0) is 46.1 Å². The van der Waals surface area contributed by atoms with Crippen molar-refractivity contribution >= 4 is 50.3 Å². The Morgan fingerprint density at radius 2 is 2.00 bits per heavy atom. The first-order chi connectivity index (χ1) is 14.4. The van der Waals surface area contributed by atoms with Crippen LogP contribution in [0.15, 0.2) is 69.2 Å². The molecule has 4 rings (SSSR count). The zero-order chi connectivity index (χ0) is 21.3. The lowest BCUT2D eigenvalue weighted by Crippen LogP contribution is -2.21. The lowest BCUT2D eigenvalue weighted by Gasteiger charge is -2.10. The Balaban J connectivity index is 1.59. The van der Waals surface area contributed by atoms with Crippen molar-refractivity contribution < 1.29 is 4.79 Å². The van der Waals surface area contributed by atoms with Crippen LogP contribution in [-0.4, -0.2) is 26.2 Å². The molecule has 0 bridgehead atoms. The van der Waals surface area contributed by atoms with Crippen LogP contribution in [0.5, 0.6) is 0 Å². The molecule has 0 atom stereocenters. The highest BCUT2D eigenvalue weighted by Crippen LogP contribution is 2.28. The monoisotopic (exact) mass is 482 g/mol. The van der Waals surface area contributed by atoms with E-state index in [0.717, 1.165) is 21.2 Å². The van der Waals surface area contributed by atoms with E-state index in [-0.39, 0.29) is 17.2 Å². The third kappa shape index (κ3) is 4.06. The Hall–Kier alpha value is -2.84. The van der Waals surface area contributed by atoms with E-state index in [1.54, 1.807) is 13.2 Å². The summed E-state index contributed by atoms with van der Waals surface area (Å²) in [6.45, 7) is 1.99. The summed E-state index contributed by atoms with van der Waals surface area (Å²) in [4.78, 5) is 33.0. The van der Waals surface area contributed by atoms with Gasteiger partial charge in [-0.1, -0.05) is 48.2 Å². The number of halogens is 1. The number of anilines is 1. The predicted molar refractivity (Wildman–Crippen MR) is 125 cm³/mol. The Morgan fingerprint density at radius 3 is 2.73 bits per heavy atom. The van der Waals surface area contributed by atoms with Gasteiger partial charge in [0.2, 0.25) is 5.91 Å². The largest absolute Gasteiger partial charge is 0.355 e. The van der Waals surface area contributed by atoms with Crippen molar-refractivity contribution in [3.63, 3.8) is 0 Å². The van der Waals surface area contributed by atoms with E-state index in [4.69, 9.17) is 0 Å². The molecule has 0 unspecified atom stereocenters. The fourth-order valence-corrected chi connectivity index (χ4v) is 4.48. The number of thioether (sulfide) groups is 1. The molecule has 6 nitrogen and oxygen atoms in total. The SMILES string of the molecule is Cc1ccc(NC(=O)CSc2nc3c(-c4ccccc4)c[nH]c3c(=O)n2C)c(Br)c1. The molecular weight excluding hydrogens is 464 g/mol. The predicted octanol–water partition coefficient (Wildman–Crippen LogP) is 4.73. The number of amides is 1. The number of aryl methyl sites for hydroxylation is 1. The number of benzene rings is 2. The van der Waals surface area contributed by atoms with E-state index >= 15 is 0 Å². The van der Waals surface area contributed by atoms with Gasteiger partial charge in [0.05, 0.1) is 11.4 Å². The molecule has 2 aromatic carbocycles. The molecule has 2 N–H and O–H groups in total. The quantitative estimate of drug-likeness (QED) is 0.318. The third-order valence-electron chi connectivity index (χ3n) is 4.68. The number of hydrogen-bond acceptors (Lipinski definition) is 4. The van der Waals surface area contributed by atoms with Gasteiger partial charge in [-0.3, -0.25) is 14.2 Å². The van der Waals surface area contributed by atoms with E-state index in [9.17, 15) is 9.59 Å². The lowest BCUT2D eigenvalue weighted by atomic mass is 10.1. The summed E-state index contributed by atoms with van der Waals surface area (Å²) in [5.41, 5.74) is 4.53. The highest BCUT2D eigenvalue weighted by atomic mass is 79.9. The standard InChI is InChI=1S/C22H19BrN4O2S/c1-13-8-9-17(16(23)10-13)25-18(28)12-30-22-26-19-15(14-6-4-3-5-7-14)11-24-20(19)21(29)27(22)2/h3-11,24H,12H2,1-2H3,(H,25,28). The fraction of sp³-hybridized carbons (Fsp3) is 0.136. The second-order valence-electron chi connectivity index (χ2n) is 6.87. The van der Waals surface area contributed by atoms with Crippen LogP contribution in [0.25, 0.3) is 22.2 Å².